The number of aliphatic carboxylic acids is 1. The van der Waals surface area contributed by atoms with Crippen LogP contribution in [0, 0.1) is 11.8 Å². The maximum atomic E-state index is 12.7. The topological polar surface area (TPSA) is 177 Å². The van der Waals surface area contributed by atoms with E-state index in [1.807, 2.05) is 0 Å². The molecule has 0 rings (SSSR count). The van der Waals surface area contributed by atoms with Crippen LogP contribution < -0.4 is 21.7 Å². The number of hydrogen-bond donors (Lipinski definition) is 5. The molecule has 0 aliphatic rings. The normalized spacial score (nSPS) is 15.1. The molecule has 0 saturated carbocycles. The summed E-state index contributed by atoms with van der Waals surface area (Å²) >= 11 is 0. The van der Waals surface area contributed by atoms with E-state index >= 15 is 0 Å². The van der Waals surface area contributed by atoms with Crippen LogP contribution in [-0.4, -0.2) is 66.0 Å². The summed E-state index contributed by atoms with van der Waals surface area (Å²) < 4.78 is 4.68. The van der Waals surface area contributed by atoms with Crippen molar-refractivity contribution in [2.45, 2.75) is 65.2 Å². The summed E-state index contributed by atoms with van der Waals surface area (Å²) in [7, 11) is 1.20. The number of carbonyl (C=O) groups excluding carboxylic acids is 4. The summed E-state index contributed by atoms with van der Waals surface area (Å²) in [6, 6.07) is -4.35. The number of ether oxygens (including phenoxy) is 1. The fourth-order valence-electron chi connectivity index (χ4n) is 2.34. The highest BCUT2D eigenvalue weighted by Crippen LogP contribution is 2.08. The summed E-state index contributed by atoms with van der Waals surface area (Å²) in [5, 5.41) is 16.3. The second-order valence-electron chi connectivity index (χ2n) is 7.43. The lowest BCUT2D eigenvalue weighted by atomic mass is 9.99. The lowest BCUT2D eigenvalue weighted by Gasteiger charge is -2.27. The Bertz CT molecular complexity index is 619. The van der Waals surface area contributed by atoms with Crippen molar-refractivity contribution >= 4 is 29.7 Å². The van der Waals surface area contributed by atoms with Crippen molar-refractivity contribution in [3.8, 4) is 0 Å². The minimum atomic E-state index is -1.42. The molecule has 0 aromatic carbocycles. The monoisotopic (exact) mass is 416 g/mol. The number of carbonyl (C=O) groups is 5. The van der Waals surface area contributed by atoms with E-state index < -0.39 is 60.2 Å². The van der Waals surface area contributed by atoms with Gasteiger partial charge in [0, 0.05) is 0 Å². The lowest BCUT2D eigenvalue weighted by Crippen LogP contribution is -2.59. The first-order valence-electron chi connectivity index (χ1n) is 9.28. The average Bonchev–Trinajstić information content (AvgIpc) is 2.61. The third-order valence-electron chi connectivity index (χ3n) is 4.09. The van der Waals surface area contributed by atoms with Gasteiger partial charge in [0.25, 0.3) is 0 Å². The Labute approximate surface area is 170 Å². The van der Waals surface area contributed by atoms with Gasteiger partial charge in [-0.15, -0.1) is 0 Å². The first-order chi connectivity index (χ1) is 13.3. The third kappa shape index (κ3) is 8.90. The number of rotatable bonds is 11. The van der Waals surface area contributed by atoms with Gasteiger partial charge in [0.1, 0.15) is 18.1 Å². The number of nitrogens with two attached hydrogens (primary N) is 1. The van der Waals surface area contributed by atoms with Crippen molar-refractivity contribution in [2.75, 3.05) is 7.11 Å². The van der Waals surface area contributed by atoms with E-state index in [0.717, 1.165) is 0 Å². The molecule has 0 aliphatic heterocycles. The predicted octanol–water partition coefficient (Wildman–Crippen LogP) is -1.25. The molecule has 0 aromatic rings. The van der Waals surface area contributed by atoms with Gasteiger partial charge in [-0.25, -0.2) is 4.79 Å². The van der Waals surface area contributed by atoms with E-state index in [9.17, 15) is 24.0 Å². The standard InChI is InChI=1S/C18H32N4O7/c1-8(2)13(17(27)22-14(9(3)4)18(28)29-6)21-16(26)11(7-12(23)24)20-15(25)10(5)19/h8-11,13-14H,7,19H2,1-6H3,(H,20,25)(H,21,26)(H,22,27)(H,23,24)/t10-,11+,13-,14+/m1/s1. The SMILES string of the molecule is COC(=O)[C@@H](NC(=O)[C@H](NC(=O)[C@H](CC(=O)O)NC(=O)[C@@H](C)N)C(C)C)C(C)C. The second kappa shape index (κ2) is 12.0. The van der Waals surface area contributed by atoms with E-state index in [0.29, 0.717) is 0 Å². The summed E-state index contributed by atoms with van der Waals surface area (Å²) in [6.07, 6.45) is -0.687. The number of esters is 1. The molecule has 11 heteroatoms. The minimum Gasteiger partial charge on any atom is -0.481 e. The van der Waals surface area contributed by atoms with Gasteiger partial charge in [0.2, 0.25) is 17.7 Å². The zero-order valence-electron chi connectivity index (χ0n) is 17.6. The summed E-state index contributed by atoms with van der Waals surface area (Å²) in [4.78, 5) is 59.9. The Morgan fingerprint density at radius 2 is 1.31 bits per heavy atom. The van der Waals surface area contributed by atoms with Gasteiger partial charge >= 0.3 is 11.9 Å². The van der Waals surface area contributed by atoms with E-state index in [1.54, 1.807) is 27.7 Å². The molecule has 0 aliphatic carbocycles. The van der Waals surface area contributed by atoms with Crippen LogP contribution in [0.5, 0.6) is 0 Å². The van der Waals surface area contributed by atoms with Crippen LogP contribution in [0.15, 0.2) is 0 Å². The molecule has 0 aromatic heterocycles. The molecule has 0 spiro atoms. The highest BCUT2D eigenvalue weighted by atomic mass is 16.5. The molecular weight excluding hydrogens is 384 g/mol. The first kappa shape index (κ1) is 26.3. The van der Waals surface area contributed by atoms with Gasteiger partial charge in [-0.3, -0.25) is 19.2 Å². The van der Waals surface area contributed by atoms with Crippen LogP contribution >= 0.6 is 0 Å². The van der Waals surface area contributed by atoms with Crippen LogP contribution in [-0.2, 0) is 28.7 Å². The zero-order valence-corrected chi connectivity index (χ0v) is 17.6. The molecule has 0 heterocycles. The van der Waals surface area contributed by atoms with Gasteiger partial charge in [-0.05, 0) is 18.8 Å². The molecule has 4 atom stereocenters. The molecule has 11 nitrogen and oxygen atoms in total. The van der Waals surface area contributed by atoms with Gasteiger partial charge < -0.3 is 31.5 Å². The maximum absolute atomic E-state index is 12.7. The predicted molar refractivity (Wildman–Crippen MR) is 103 cm³/mol. The first-order valence-corrected chi connectivity index (χ1v) is 9.28. The maximum Gasteiger partial charge on any atom is 0.328 e. The largest absolute Gasteiger partial charge is 0.481 e. The van der Waals surface area contributed by atoms with Crippen LogP contribution in [0.2, 0.25) is 0 Å². The van der Waals surface area contributed by atoms with Gasteiger partial charge in [0.05, 0.1) is 19.6 Å². The van der Waals surface area contributed by atoms with Gasteiger partial charge in [-0.1, -0.05) is 27.7 Å². The quantitative estimate of drug-likeness (QED) is 0.259. The molecule has 3 amide bonds. The van der Waals surface area contributed by atoms with Crippen LogP contribution in [0.25, 0.3) is 0 Å². The Balaban J connectivity index is 5.42. The fraction of sp³-hybridized carbons (Fsp3) is 0.722. The fourth-order valence-corrected chi connectivity index (χ4v) is 2.34. The smallest absolute Gasteiger partial charge is 0.328 e. The summed E-state index contributed by atoms with van der Waals surface area (Å²) in [5.74, 6) is -4.79. The molecule has 6 N–H and O–H groups in total. The molecular formula is C18H32N4O7. The Morgan fingerprint density at radius 1 is 0.828 bits per heavy atom. The van der Waals surface area contributed by atoms with E-state index in [1.165, 1.54) is 14.0 Å². The summed E-state index contributed by atoms with van der Waals surface area (Å²) in [6.45, 7) is 8.16. The van der Waals surface area contributed by atoms with Crippen molar-refractivity contribution < 1.29 is 33.8 Å². The third-order valence-corrected chi connectivity index (χ3v) is 4.09. The second-order valence-corrected chi connectivity index (χ2v) is 7.43. The highest BCUT2D eigenvalue weighted by molar-refractivity contribution is 5.95. The Kier molecular flexibility index (Phi) is 10.9. The Morgan fingerprint density at radius 3 is 1.69 bits per heavy atom. The van der Waals surface area contributed by atoms with Crippen molar-refractivity contribution in [1.82, 2.24) is 16.0 Å². The van der Waals surface area contributed by atoms with Crippen LogP contribution in [0.1, 0.15) is 41.0 Å². The molecule has 166 valence electrons. The van der Waals surface area contributed by atoms with Crippen molar-refractivity contribution in [3.63, 3.8) is 0 Å². The molecule has 0 fully saturated rings. The van der Waals surface area contributed by atoms with Gasteiger partial charge in [-0.2, -0.15) is 0 Å². The number of methoxy groups -OCH3 is 1. The highest BCUT2D eigenvalue weighted by Gasteiger charge is 2.33. The van der Waals surface area contributed by atoms with E-state index in [-0.39, 0.29) is 11.8 Å². The number of carboxylic acids is 1. The van der Waals surface area contributed by atoms with Crippen LogP contribution in [0.3, 0.4) is 0 Å². The molecule has 0 unspecified atom stereocenters. The average molecular weight is 416 g/mol. The minimum absolute atomic E-state index is 0.264. The van der Waals surface area contributed by atoms with Crippen molar-refractivity contribution in [3.05, 3.63) is 0 Å². The number of hydrogen-bond acceptors (Lipinski definition) is 7. The van der Waals surface area contributed by atoms with E-state index in [2.05, 4.69) is 20.7 Å². The number of nitrogens with one attached hydrogen (secondary N) is 3. The number of carboxylic acid groups (broad SMARTS) is 1. The molecule has 0 bridgehead atoms. The molecule has 0 saturated heterocycles. The molecule has 29 heavy (non-hydrogen) atoms. The van der Waals surface area contributed by atoms with E-state index in [4.69, 9.17) is 10.8 Å². The van der Waals surface area contributed by atoms with Gasteiger partial charge in [0.15, 0.2) is 0 Å². The zero-order chi connectivity index (χ0) is 22.9. The Hall–Kier alpha value is -2.69. The summed E-state index contributed by atoms with van der Waals surface area (Å²) in [5.41, 5.74) is 5.44. The lowest BCUT2D eigenvalue weighted by molar-refractivity contribution is -0.147. The van der Waals surface area contributed by atoms with Crippen LogP contribution in [0.4, 0.5) is 0 Å². The van der Waals surface area contributed by atoms with Crippen molar-refractivity contribution in [2.24, 2.45) is 17.6 Å². The van der Waals surface area contributed by atoms with Crippen molar-refractivity contribution in [1.29, 1.82) is 0 Å². The number of amides is 3. The molecule has 0 radical (unpaired) electrons.